The molecular weight excluding hydrogens is 248 g/mol. The van der Waals surface area contributed by atoms with E-state index in [1.54, 1.807) is 6.26 Å². The maximum atomic E-state index is 5.31. The Balaban J connectivity index is 1.58. The van der Waals surface area contributed by atoms with E-state index in [0.29, 0.717) is 0 Å². The second-order valence-electron chi connectivity index (χ2n) is 4.99. The van der Waals surface area contributed by atoms with E-state index in [1.165, 1.54) is 10.9 Å². The lowest BCUT2D eigenvalue weighted by atomic mass is 10.1. The fourth-order valence-corrected chi connectivity index (χ4v) is 2.29. The molecule has 0 saturated heterocycles. The van der Waals surface area contributed by atoms with E-state index in [2.05, 4.69) is 40.6 Å². The van der Waals surface area contributed by atoms with Crippen molar-refractivity contribution in [2.45, 2.75) is 19.9 Å². The van der Waals surface area contributed by atoms with E-state index in [-0.39, 0.29) is 0 Å². The van der Waals surface area contributed by atoms with Crippen LogP contribution in [0.15, 0.2) is 53.1 Å². The first kappa shape index (κ1) is 12.9. The molecule has 0 saturated carbocycles. The molecule has 1 aromatic carbocycles. The largest absolute Gasteiger partial charge is 0.469 e. The van der Waals surface area contributed by atoms with Gasteiger partial charge in [-0.3, -0.25) is 4.98 Å². The van der Waals surface area contributed by atoms with Gasteiger partial charge in [0.15, 0.2) is 0 Å². The molecule has 0 radical (unpaired) electrons. The number of rotatable bonds is 5. The highest BCUT2D eigenvalue weighted by molar-refractivity contribution is 5.79. The number of fused-ring (bicyclic) bond motifs is 1. The first-order chi connectivity index (χ1) is 9.81. The second kappa shape index (κ2) is 5.88. The Morgan fingerprint density at radius 1 is 1.15 bits per heavy atom. The van der Waals surface area contributed by atoms with Gasteiger partial charge in [-0.05, 0) is 42.8 Å². The highest BCUT2D eigenvalue weighted by Gasteiger charge is 1.99. The Bertz CT molecular complexity index is 689. The van der Waals surface area contributed by atoms with Gasteiger partial charge < -0.3 is 9.73 Å². The van der Waals surface area contributed by atoms with Crippen LogP contribution >= 0.6 is 0 Å². The molecule has 20 heavy (non-hydrogen) atoms. The molecule has 1 N–H and O–H groups in total. The van der Waals surface area contributed by atoms with Crippen LogP contribution in [0.5, 0.6) is 0 Å². The lowest BCUT2D eigenvalue weighted by molar-refractivity contribution is 0.499. The van der Waals surface area contributed by atoms with Gasteiger partial charge in [-0.2, -0.15) is 0 Å². The standard InChI is InChI=1S/C17H18N2O/c1-13-4-6-15-11-14(5-7-17(15)19-13)12-18-9-8-16-3-2-10-20-16/h2-7,10-11,18H,8-9,12H2,1H3. The summed E-state index contributed by atoms with van der Waals surface area (Å²) < 4.78 is 5.31. The number of hydrogen-bond acceptors (Lipinski definition) is 3. The van der Waals surface area contributed by atoms with Gasteiger partial charge in [0.2, 0.25) is 0 Å². The Kier molecular flexibility index (Phi) is 3.79. The zero-order valence-corrected chi connectivity index (χ0v) is 11.6. The number of aromatic nitrogens is 1. The summed E-state index contributed by atoms with van der Waals surface area (Å²) in [6.45, 7) is 3.80. The van der Waals surface area contributed by atoms with Crippen LogP contribution in [0.3, 0.4) is 0 Å². The summed E-state index contributed by atoms with van der Waals surface area (Å²) >= 11 is 0. The summed E-state index contributed by atoms with van der Waals surface area (Å²) in [5, 5.41) is 4.63. The van der Waals surface area contributed by atoms with Gasteiger partial charge in [-0.1, -0.05) is 12.1 Å². The highest BCUT2D eigenvalue weighted by atomic mass is 16.3. The lowest BCUT2D eigenvalue weighted by Gasteiger charge is -2.06. The van der Waals surface area contributed by atoms with Crippen LogP contribution in [-0.4, -0.2) is 11.5 Å². The Morgan fingerprint density at radius 2 is 2.10 bits per heavy atom. The SMILES string of the molecule is Cc1ccc2cc(CNCCc3ccco3)ccc2n1. The Morgan fingerprint density at radius 3 is 2.95 bits per heavy atom. The number of nitrogens with zero attached hydrogens (tertiary/aromatic N) is 1. The Labute approximate surface area is 118 Å². The number of nitrogens with one attached hydrogen (secondary N) is 1. The minimum atomic E-state index is 0.866. The third-order valence-electron chi connectivity index (χ3n) is 3.35. The minimum absolute atomic E-state index is 0.866. The molecule has 0 bridgehead atoms. The topological polar surface area (TPSA) is 38.1 Å². The van der Waals surface area contributed by atoms with E-state index in [4.69, 9.17) is 4.42 Å². The fraction of sp³-hybridized carbons (Fsp3) is 0.235. The van der Waals surface area contributed by atoms with Crippen molar-refractivity contribution < 1.29 is 4.42 Å². The molecule has 0 aliphatic heterocycles. The van der Waals surface area contributed by atoms with Crippen molar-refractivity contribution in [2.75, 3.05) is 6.54 Å². The average molecular weight is 266 g/mol. The van der Waals surface area contributed by atoms with E-state index < -0.39 is 0 Å². The predicted octanol–water partition coefficient (Wildman–Crippen LogP) is 3.47. The predicted molar refractivity (Wildman–Crippen MR) is 80.6 cm³/mol. The summed E-state index contributed by atoms with van der Waals surface area (Å²) in [5.74, 6) is 1.02. The summed E-state index contributed by atoms with van der Waals surface area (Å²) in [7, 11) is 0. The third-order valence-corrected chi connectivity index (χ3v) is 3.35. The second-order valence-corrected chi connectivity index (χ2v) is 4.99. The quantitative estimate of drug-likeness (QED) is 0.719. The molecule has 2 aromatic heterocycles. The highest BCUT2D eigenvalue weighted by Crippen LogP contribution is 2.14. The van der Waals surface area contributed by atoms with Gasteiger partial charge in [0, 0.05) is 30.6 Å². The van der Waals surface area contributed by atoms with Crippen molar-refractivity contribution in [2.24, 2.45) is 0 Å². The normalized spacial score (nSPS) is 11.1. The molecule has 0 fully saturated rings. The zero-order valence-electron chi connectivity index (χ0n) is 11.6. The van der Waals surface area contributed by atoms with Crippen molar-refractivity contribution in [3.63, 3.8) is 0 Å². The molecule has 3 nitrogen and oxygen atoms in total. The van der Waals surface area contributed by atoms with Crippen LogP contribution < -0.4 is 5.32 Å². The van der Waals surface area contributed by atoms with E-state index in [0.717, 1.165) is 36.5 Å². The van der Waals surface area contributed by atoms with E-state index in [1.807, 2.05) is 19.1 Å². The van der Waals surface area contributed by atoms with Crippen molar-refractivity contribution in [1.82, 2.24) is 10.3 Å². The number of hydrogen-bond donors (Lipinski definition) is 1. The van der Waals surface area contributed by atoms with Crippen molar-refractivity contribution in [3.05, 3.63) is 65.7 Å². The molecule has 0 aliphatic carbocycles. The summed E-state index contributed by atoms with van der Waals surface area (Å²) in [4.78, 5) is 4.51. The zero-order chi connectivity index (χ0) is 13.8. The monoisotopic (exact) mass is 266 g/mol. The molecule has 0 amide bonds. The number of benzene rings is 1. The van der Waals surface area contributed by atoms with E-state index >= 15 is 0 Å². The van der Waals surface area contributed by atoms with Crippen molar-refractivity contribution in [1.29, 1.82) is 0 Å². The van der Waals surface area contributed by atoms with Crippen molar-refractivity contribution >= 4 is 10.9 Å². The van der Waals surface area contributed by atoms with Gasteiger partial charge in [-0.15, -0.1) is 0 Å². The summed E-state index contributed by atoms with van der Waals surface area (Å²) in [5.41, 5.74) is 3.40. The number of furan rings is 1. The Hall–Kier alpha value is -2.13. The molecule has 0 aliphatic rings. The number of pyridine rings is 1. The molecule has 0 spiro atoms. The van der Waals surface area contributed by atoms with Gasteiger partial charge >= 0.3 is 0 Å². The minimum Gasteiger partial charge on any atom is -0.469 e. The van der Waals surface area contributed by atoms with Gasteiger partial charge in [0.25, 0.3) is 0 Å². The molecule has 3 heteroatoms. The molecule has 102 valence electrons. The number of aryl methyl sites for hydroxylation is 1. The van der Waals surface area contributed by atoms with Gasteiger partial charge in [-0.25, -0.2) is 0 Å². The fourth-order valence-electron chi connectivity index (χ4n) is 2.29. The smallest absolute Gasteiger partial charge is 0.105 e. The molecule has 3 aromatic rings. The maximum absolute atomic E-state index is 5.31. The van der Waals surface area contributed by atoms with Crippen LogP contribution in [0, 0.1) is 6.92 Å². The van der Waals surface area contributed by atoms with Crippen LogP contribution in [0.4, 0.5) is 0 Å². The maximum Gasteiger partial charge on any atom is 0.105 e. The first-order valence-electron chi connectivity index (χ1n) is 6.91. The van der Waals surface area contributed by atoms with Gasteiger partial charge in [0.1, 0.15) is 5.76 Å². The summed E-state index contributed by atoms with van der Waals surface area (Å²) in [6.07, 6.45) is 2.63. The lowest BCUT2D eigenvalue weighted by Crippen LogP contribution is -2.16. The molecular formula is C17H18N2O. The molecule has 2 heterocycles. The van der Waals surface area contributed by atoms with Crippen LogP contribution in [0.1, 0.15) is 17.0 Å². The molecule has 3 rings (SSSR count). The summed E-state index contributed by atoms with van der Waals surface area (Å²) in [6, 6.07) is 14.5. The van der Waals surface area contributed by atoms with Crippen LogP contribution in [0.25, 0.3) is 10.9 Å². The molecule has 0 atom stereocenters. The first-order valence-corrected chi connectivity index (χ1v) is 6.91. The van der Waals surface area contributed by atoms with Crippen molar-refractivity contribution in [3.8, 4) is 0 Å². The van der Waals surface area contributed by atoms with Crippen LogP contribution in [-0.2, 0) is 13.0 Å². The third kappa shape index (κ3) is 3.06. The van der Waals surface area contributed by atoms with E-state index in [9.17, 15) is 0 Å². The average Bonchev–Trinajstić information content (AvgIpc) is 2.97. The van der Waals surface area contributed by atoms with Crippen LogP contribution in [0.2, 0.25) is 0 Å². The molecule has 0 unspecified atom stereocenters. The van der Waals surface area contributed by atoms with Gasteiger partial charge in [0.05, 0.1) is 11.8 Å².